The molecule has 3 atom stereocenters. The predicted molar refractivity (Wildman–Crippen MR) is 72.4 cm³/mol. The zero-order valence-corrected chi connectivity index (χ0v) is 11.8. The molecule has 3 N–H and O–H groups in total. The van der Waals surface area contributed by atoms with E-state index in [1.807, 2.05) is 13.8 Å². The van der Waals surface area contributed by atoms with E-state index in [4.69, 9.17) is 5.11 Å². The van der Waals surface area contributed by atoms with Crippen LogP contribution in [-0.4, -0.2) is 44.4 Å². The lowest BCUT2D eigenvalue weighted by Gasteiger charge is -2.23. The topological polar surface area (TPSA) is 87.4 Å². The van der Waals surface area contributed by atoms with Crippen LogP contribution >= 0.6 is 0 Å². The van der Waals surface area contributed by atoms with Crippen molar-refractivity contribution in [3.63, 3.8) is 0 Å². The van der Waals surface area contributed by atoms with Gasteiger partial charge in [0.05, 0.1) is 0 Å². The SMILES string of the molecule is CC(C)Nc1ccn([C@@H]2C[C@H](CO)[C@@H](O)C2(F)F)c(=O)n1. The van der Waals surface area contributed by atoms with Crippen molar-refractivity contribution in [2.45, 2.75) is 44.4 Å². The van der Waals surface area contributed by atoms with Gasteiger partial charge in [-0.2, -0.15) is 4.98 Å². The summed E-state index contributed by atoms with van der Waals surface area (Å²) in [5, 5.41) is 21.5. The number of halogens is 2. The fraction of sp³-hybridized carbons (Fsp3) is 0.692. The first-order chi connectivity index (χ1) is 9.77. The van der Waals surface area contributed by atoms with Crippen molar-refractivity contribution < 1.29 is 19.0 Å². The number of anilines is 1. The monoisotopic (exact) mass is 303 g/mol. The van der Waals surface area contributed by atoms with Crippen LogP contribution in [0.15, 0.2) is 17.1 Å². The van der Waals surface area contributed by atoms with Gasteiger partial charge in [-0.3, -0.25) is 4.57 Å². The molecule has 0 spiro atoms. The second-order valence-electron chi connectivity index (χ2n) is 5.62. The summed E-state index contributed by atoms with van der Waals surface area (Å²) in [7, 11) is 0. The maximum atomic E-state index is 14.1. The molecule has 1 aromatic rings. The van der Waals surface area contributed by atoms with Crippen molar-refractivity contribution in [2.24, 2.45) is 5.92 Å². The van der Waals surface area contributed by atoms with Gasteiger partial charge in [-0.05, 0) is 26.3 Å². The number of aliphatic hydroxyl groups is 2. The molecule has 2 rings (SSSR count). The number of aliphatic hydroxyl groups excluding tert-OH is 2. The van der Waals surface area contributed by atoms with E-state index in [9.17, 15) is 18.7 Å². The molecular formula is C13H19F2N3O3. The molecule has 0 saturated heterocycles. The zero-order valence-electron chi connectivity index (χ0n) is 11.8. The van der Waals surface area contributed by atoms with E-state index in [0.717, 1.165) is 4.57 Å². The van der Waals surface area contributed by atoms with Crippen LogP contribution in [0.25, 0.3) is 0 Å². The van der Waals surface area contributed by atoms with Crippen LogP contribution in [0.5, 0.6) is 0 Å². The first-order valence-electron chi connectivity index (χ1n) is 6.79. The summed E-state index contributed by atoms with van der Waals surface area (Å²) in [6.07, 6.45) is -0.901. The van der Waals surface area contributed by atoms with Gasteiger partial charge < -0.3 is 15.5 Å². The fourth-order valence-corrected chi connectivity index (χ4v) is 2.58. The van der Waals surface area contributed by atoms with Crippen molar-refractivity contribution >= 4 is 5.82 Å². The third-order valence-corrected chi connectivity index (χ3v) is 3.65. The van der Waals surface area contributed by atoms with Gasteiger partial charge in [0.2, 0.25) is 0 Å². The first-order valence-corrected chi connectivity index (χ1v) is 6.79. The highest BCUT2D eigenvalue weighted by atomic mass is 19.3. The van der Waals surface area contributed by atoms with Gasteiger partial charge in [0.25, 0.3) is 5.92 Å². The smallest absolute Gasteiger partial charge is 0.349 e. The van der Waals surface area contributed by atoms with Crippen molar-refractivity contribution in [1.82, 2.24) is 9.55 Å². The summed E-state index contributed by atoms with van der Waals surface area (Å²) in [4.78, 5) is 15.7. The van der Waals surface area contributed by atoms with E-state index in [-0.39, 0.29) is 12.5 Å². The Kier molecular flexibility index (Phi) is 4.29. The Morgan fingerprint density at radius 3 is 2.71 bits per heavy atom. The lowest BCUT2D eigenvalue weighted by atomic mass is 10.1. The molecule has 1 aliphatic rings. The summed E-state index contributed by atoms with van der Waals surface area (Å²) >= 11 is 0. The Labute approximate surface area is 120 Å². The summed E-state index contributed by atoms with van der Waals surface area (Å²) in [5.74, 6) is -4.12. The standard InChI is InChI=1S/C13H19F2N3O3/c1-7(2)16-10-3-4-18(12(21)17-10)9-5-8(6-19)11(20)13(9,14)15/h3-4,7-9,11,19-20H,5-6H2,1-2H3,(H,16,17,21)/t8-,9-,11-/m1/s1. The Morgan fingerprint density at radius 1 is 1.57 bits per heavy atom. The van der Waals surface area contributed by atoms with Gasteiger partial charge in [0.1, 0.15) is 18.0 Å². The third-order valence-electron chi connectivity index (χ3n) is 3.65. The van der Waals surface area contributed by atoms with E-state index in [1.54, 1.807) is 0 Å². The zero-order chi connectivity index (χ0) is 15.8. The Hall–Kier alpha value is -1.54. The molecule has 8 heteroatoms. The number of hydrogen-bond donors (Lipinski definition) is 3. The Balaban J connectivity index is 2.32. The molecule has 0 amide bonds. The second-order valence-corrected chi connectivity index (χ2v) is 5.62. The van der Waals surface area contributed by atoms with E-state index in [1.165, 1.54) is 12.3 Å². The summed E-state index contributed by atoms with van der Waals surface area (Å²) in [6, 6.07) is -0.00475. The molecule has 118 valence electrons. The molecule has 0 radical (unpaired) electrons. The van der Waals surface area contributed by atoms with Crippen LogP contribution in [0.1, 0.15) is 26.3 Å². The van der Waals surface area contributed by atoms with Gasteiger partial charge in [0.15, 0.2) is 0 Å². The number of rotatable bonds is 4. The molecule has 21 heavy (non-hydrogen) atoms. The quantitative estimate of drug-likeness (QED) is 0.759. The number of alkyl halides is 2. The number of hydrogen-bond acceptors (Lipinski definition) is 5. The number of nitrogens with zero attached hydrogens (tertiary/aromatic N) is 2. The molecule has 0 unspecified atom stereocenters. The van der Waals surface area contributed by atoms with Gasteiger partial charge in [-0.15, -0.1) is 0 Å². The van der Waals surface area contributed by atoms with Gasteiger partial charge in [-0.1, -0.05) is 0 Å². The third kappa shape index (κ3) is 2.91. The molecule has 6 nitrogen and oxygen atoms in total. The van der Waals surface area contributed by atoms with Crippen LogP contribution < -0.4 is 11.0 Å². The van der Waals surface area contributed by atoms with Gasteiger partial charge in [-0.25, -0.2) is 13.6 Å². The van der Waals surface area contributed by atoms with Gasteiger partial charge >= 0.3 is 5.69 Å². The second kappa shape index (κ2) is 5.69. The molecule has 0 aliphatic heterocycles. The van der Waals surface area contributed by atoms with Crippen molar-refractivity contribution in [1.29, 1.82) is 0 Å². The van der Waals surface area contributed by atoms with Crippen LogP contribution in [0.2, 0.25) is 0 Å². The molecule has 0 bridgehead atoms. The summed E-state index contributed by atoms with van der Waals surface area (Å²) in [5.41, 5.74) is -0.809. The minimum Gasteiger partial charge on any atom is -0.396 e. The minimum atomic E-state index is -3.48. The summed E-state index contributed by atoms with van der Waals surface area (Å²) in [6.45, 7) is 3.17. The minimum absolute atomic E-state index is 0.0567. The lowest BCUT2D eigenvalue weighted by Crippen LogP contribution is -2.40. The molecule has 0 aromatic carbocycles. The lowest BCUT2D eigenvalue weighted by molar-refractivity contribution is -0.123. The van der Waals surface area contributed by atoms with E-state index >= 15 is 0 Å². The fourth-order valence-electron chi connectivity index (χ4n) is 2.58. The maximum absolute atomic E-state index is 14.1. The molecule has 1 aliphatic carbocycles. The van der Waals surface area contributed by atoms with Crippen molar-refractivity contribution in [3.05, 3.63) is 22.7 Å². The number of nitrogens with one attached hydrogen (secondary N) is 1. The Morgan fingerprint density at radius 2 is 2.24 bits per heavy atom. The van der Waals surface area contributed by atoms with E-state index in [0.29, 0.717) is 5.82 Å². The summed E-state index contributed by atoms with van der Waals surface area (Å²) < 4.78 is 28.9. The Bertz CT molecular complexity index is 562. The predicted octanol–water partition coefficient (Wildman–Crippen LogP) is 0.613. The molecule has 1 aromatic heterocycles. The van der Waals surface area contributed by atoms with E-state index in [2.05, 4.69) is 10.3 Å². The highest BCUT2D eigenvalue weighted by Gasteiger charge is 2.57. The molecule has 1 saturated carbocycles. The molecular weight excluding hydrogens is 284 g/mol. The highest BCUT2D eigenvalue weighted by Crippen LogP contribution is 2.46. The maximum Gasteiger partial charge on any atom is 0.349 e. The van der Waals surface area contributed by atoms with Crippen LogP contribution in [0, 0.1) is 5.92 Å². The number of aromatic nitrogens is 2. The van der Waals surface area contributed by atoms with Crippen LogP contribution in [-0.2, 0) is 0 Å². The van der Waals surface area contributed by atoms with E-state index < -0.39 is 36.3 Å². The van der Waals surface area contributed by atoms with Crippen LogP contribution in [0.4, 0.5) is 14.6 Å². The van der Waals surface area contributed by atoms with Crippen molar-refractivity contribution in [2.75, 3.05) is 11.9 Å². The first kappa shape index (κ1) is 15.8. The average Bonchev–Trinajstić information content (AvgIpc) is 2.61. The van der Waals surface area contributed by atoms with Gasteiger partial charge in [0, 0.05) is 24.8 Å². The normalized spacial score (nSPS) is 28.0. The largest absolute Gasteiger partial charge is 0.396 e. The molecule has 1 fully saturated rings. The average molecular weight is 303 g/mol. The van der Waals surface area contributed by atoms with Crippen LogP contribution in [0.3, 0.4) is 0 Å². The van der Waals surface area contributed by atoms with Crippen molar-refractivity contribution in [3.8, 4) is 0 Å². The highest BCUT2D eigenvalue weighted by molar-refractivity contribution is 5.32. The molecule has 1 heterocycles.